The molecular weight excluding hydrogens is 238 g/mol. The molecule has 0 saturated carbocycles. The van der Waals surface area contributed by atoms with Gasteiger partial charge in [0.25, 0.3) is 0 Å². The largest absolute Gasteiger partial charge is 0.355 e. The Hall–Kier alpha value is -2.17. The van der Waals surface area contributed by atoms with Crippen LogP contribution in [0.3, 0.4) is 0 Å². The zero-order chi connectivity index (χ0) is 13.2. The van der Waals surface area contributed by atoms with Crippen molar-refractivity contribution >= 4 is 10.9 Å². The molecule has 3 rings (SSSR count). The van der Waals surface area contributed by atoms with Crippen molar-refractivity contribution in [3.8, 4) is 11.3 Å². The minimum absolute atomic E-state index is 0.164. The maximum Gasteiger partial charge on any atom is 0.174 e. The first kappa shape index (κ1) is 11.9. The summed E-state index contributed by atoms with van der Waals surface area (Å²) in [4.78, 5) is 0. The lowest BCUT2D eigenvalue weighted by molar-refractivity contribution is 0.441. The molecule has 19 heavy (non-hydrogen) atoms. The molecule has 1 atom stereocenters. The van der Waals surface area contributed by atoms with E-state index in [0.717, 1.165) is 27.8 Å². The van der Waals surface area contributed by atoms with Crippen molar-refractivity contribution in [1.29, 1.82) is 0 Å². The first-order valence-corrected chi connectivity index (χ1v) is 6.20. The standard InChI is InChI=1S/C15H15N3O/c16-9-13(17)11-6-7-14-12(8-11)15(19-18-14)10-4-2-1-3-5-10/h1-8,13H,9,16-17H2. The van der Waals surface area contributed by atoms with E-state index < -0.39 is 0 Å². The van der Waals surface area contributed by atoms with Gasteiger partial charge in [-0.25, -0.2) is 0 Å². The van der Waals surface area contributed by atoms with Crippen molar-refractivity contribution in [2.75, 3.05) is 6.54 Å². The molecule has 1 aromatic heterocycles. The highest BCUT2D eigenvalue weighted by atomic mass is 16.5. The molecule has 0 aliphatic carbocycles. The first-order chi connectivity index (χ1) is 9.29. The van der Waals surface area contributed by atoms with Gasteiger partial charge in [0.05, 0.1) is 5.39 Å². The van der Waals surface area contributed by atoms with Crippen molar-refractivity contribution in [3.63, 3.8) is 0 Å². The molecule has 4 N–H and O–H groups in total. The zero-order valence-electron chi connectivity index (χ0n) is 10.4. The van der Waals surface area contributed by atoms with Gasteiger partial charge in [0, 0.05) is 18.2 Å². The molecule has 2 aromatic carbocycles. The van der Waals surface area contributed by atoms with Gasteiger partial charge in [-0.2, -0.15) is 0 Å². The average molecular weight is 253 g/mol. The Balaban J connectivity index is 2.16. The Kier molecular flexibility index (Phi) is 3.03. The Bertz CT molecular complexity index is 691. The van der Waals surface area contributed by atoms with Crippen LogP contribution in [-0.2, 0) is 0 Å². The van der Waals surface area contributed by atoms with Gasteiger partial charge in [-0.05, 0) is 17.7 Å². The number of hydrogen-bond donors (Lipinski definition) is 2. The number of benzene rings is 2. The quantitative estimate of drug-likeness (QED) is 0.751. The van der Waals surface area contributed by atoms with Gasteiger partial charge in [-0.15, -0.1) is 0 Å². The van der Waals surface area contributed by atoms with E-state index in [-0.39, 0.29) is 6.04 Å². The average Bonchev–Trinajstić information content (AvgIpc) is 2.90. The third-order valence-corrected chi connectivity index (χ3v) is 3.22. The van der Waals surface area contributed by atoms with Crippen LogP contribution in [0.1, 0.15) is 11.6 Å². The lowest BCUT2D eigenvalue weighted by Gasteiger charge is -2.08. The van der Waals surface area contributed by atoms with Gasteiger partial charge in [0.1, 0.15) is 5.52 Å². The molecule has 0 aliphatic rings. The van der Waals surface area contributed by atoms with Crippen LogP contribution in [0.15, 0.2) is 53.1 Å². The number of rotatable bonds is 3. The van der Waals surface area contributed by atoms with Crippen molar-refractivity contribution < 1.29 is 4.52 Å². The van der Waals surface area contributed by atoms with E-state index in [1.54, 1.807) is 0 Å². The molecule has 0 amide bonds. The van der Waals surface area contributed by atoms with E-state index >= 15 is 0 Å². The molecule has 0 fully saturated rings. The summed E-state index contributed by atoms with van der Waals surface area (Å²) in [6.07, 6.45) is 0. The zero-order valence-corrected chi connectivity index (χ0v) is 10.4. The Labute approximate surface area is 111 Å². The highest BCUT2D eigenvalue weighted by molar-refractivity contribution is 5.92. The van der Waals surface area contributed by atoms with Crippen LogP contribution < -0.4 is 11.5 Å². The van der Waals surface area contributed by atoms with E-state index in [2.05, 4.69) is 5.16 Å². The summed E-state index contributed by atoms with van der Waals surface area (Å²) in [5.74, 6) is 0.765. The summed E-state index contributed by atoms with van der Waals surface area (Å²) in [6.45, 7) is 0.414. The van der Waals surface area contributed by atoms with Crippen molar-refractivity contribution in [3.05, 3.63) is 54.1 Å². The second-order valence-corrected chi connectivity index (χ2v) is 4.50. The number of nitrogens with zero attached hydrogens (tertiary/aromatic N) is 1. The molecule has 4 heteroatoms. The third kappa shape index (κ3) is 2.12. The molecule has 0 bridgehead atoms. The maximum absolute atomic E-state index is 5.97. The molecule has 96 valence electrons. The van der Waals surface area contributed by atoms with Crippen molar-refractivity contribution in [1.82, 2.24) is 5.16 Å². The summed E-state index contributed by atoms with van der Waals surface area (Å²) in [5, 5.41) is 5.04. The molecule has 1 heterocycles. The fourth-order valence-electron chi connectivity index (χ4n) is 2.12. The van der Waals surface area contributed by atoms with E-state index in [0.29, 0.717) is 6.54 Å². The van der Waals surface area contributed by atoms with Crippen molar-refractivity contribution in [2.24, 2.45) is 11.5 Å². The molecular formula is C15H15N3O. The number of hydrogen-bond acceptors (Lipinski definition) is 4. The van der Waals surface area contributed by atoms with Crippen LogP contribution >= 0.6 is 0 Å². The van der Waals surface area contributed by atoms with Gasteiger partial charge in [-0.3, -0.25) is 0 Å². The summed E-state index contributed by atoms with van der Waals surface area (Å²) in [7, 11) is 0. The fraction of sp³-hybridized carbons (Fsp3) is 0.133. The van der Waals surface area contributed by atoms with Gasteiger partial charge < -0.3 is 16.0 Å². The topological polar surface area (TPSA) is 78.1 Å². The molecule has 3 aromatic rings. The lowest BCUT2D eigenvalue weighted by atomic mass is 10.0. The van der Waals surface area contributed by atoms with Crippen LogP contribution in [0.2, 0.25) is 0 Å². The second-order valence-electron chi connectivity index (χ2n) is 4.50. The monoisotopic (exact) mass is 253 g/mol. The minimum atomic E-state index is -0.164. The summed E-state index contributed by atoms with van der Waals surface area (Å²) in [5.41, 5.74) is 14.4. The number of aromatic nitrogens is 1. The lowest BCUT2D eigenvalue weighted by Crippen LogP contribution is -2.20. The predicted molar refractivity (Wildman–Crippen MR) is 75.4 cm³/mol. The molecule has 1 unspecified atom stereocenters. The minimum Gasteiger partial charge on any atom is -0.355 e. The Morgan fingerprint density at radius 3 is 2.63 bits per heavy atom. The maximum atomic E-state index is 5.97. The van der Waals surface area contributed by atoms with Crippen LogP contribution in [0.4, 0.5) is 0 Å². The highest BCUT2D eigenvalue weighted by Crippen LogP contribution is 2.30. The first-order valence-electron chi connectivity index (χ1n) is 6.20. The predicted octanol–water partition coefficient (Wildman–Crippen LogP) is 2.45. The van der Waals surface area contributed by atoms with E-state index in [1.807, 2.05) is 48.5 Å². The summed E-state index contributed by atoms with van der Waals surface area (Å²) < 4.78 is 5.45. The van der Waals surface area contributed by atoms with Gasteiger partial charge >= 0.3 is 0 Å². The van der Waals surface area contributed by atoms with Crippen LogP contribution in [0.25, 0.3) is 22.2 Å². The number of nitrogens with two attached hydrogens (primary N) is 2. The smallest absolute Gasteiger partial charge is 0.174 e. The SMILES string of the molecule is NCC(N)c1ccc2noc(-c3ccccc3)c2c1. The molecule has 0 radical (unpaired) electrons. The van der Waals surface area contributed by atoms with E-state index in [1.165, 1.54) is 0 Å². The van der Waals surface area contributed by atoms with Crippen molar-refractivity contribution in [2.45, 2.75) is 6.04 Å². The second kappa shape index (κ2) is 4.84. The van der Waals surface area contributed by atoms with Crippen LogP contribution in [0.5, 0.6) is 0 Å². The van der Waals surface area contributed by atoms with Crippen LogP contribution in [0, 0.1) is 0 Å². The molecule has 0 saturated heterocycles. The summed E-state index contributed by atoms with van der Waals surface area (Å²) >= 11 is 0. The van der Waals surface area contributed by atoms with E-state index in [4.69, 9.17) is 16.0 Å². The van der Waals surface area contributed by atoms with Crippen LogP contribution in [-0.4, -0.2) is 11.7 Å². The van der Waals surface area contributed by atoms with Gasteiger partial charge in [0.15, 0.2) is 5.76 Å². The highest BCUT2D eigenvalue weighted by Gasteiger charge is 2.12. The normalized spacial score (nSPS) is 12.7. The Morgan fingerprint density at radius 2 is 1.89 bits per heavy atom. The molecule has 0 aliphatic heterocycles. The third-order valence-electron chi connectivity index (χ3n) is 3.22. The number of fused-ring (bicyclic) bond motifs is 1. The van der Waals surface area contributed by atoms with Gasteiger partial charge in [0.2, 0.25) is 0 Å². The van der Waals surface area contributed by atoms with Gasteiger partial charge in [-0.1, -0.05) is 41.6 Å². The molecule has 4 nitrogen and oxygen atoms in total. The summed E-state index contributed by atoms with van der Waals surface area (Å²) in [6, 6.07) is 15.6. The fourth-order valence-corrected chi connectivity index (χ4v) is 2.12. The molecule has 0 spiro atoms. The Morgan fingerprint density at radius 1 is 1.11 bits per heavy atom. The van der Waals surface area contributed by atoms with E-state index in [9.17, 15) is 0 Å².